The smallest absolute Gasteiger partial charge is 0.335 e. The summed E-state index contributed by atoms with van der Waals surface area (Å²) in [6.07, 6.45) is 1.75. The minimum atomic E-state index is -1.03. The third kappa shape index (κ3) is 4.67. The molecule has 3 aromatic rings. The minimum absolute atomic E-state index is 0.0242. The number of hydrogen-bond acceptors (Lipinski definition) is 4. The van der Waals surface area contributed by atoms with Crippen molar-refractivity contribution < 1.29 is 14.7 Å². The van der Waals surface area contributed by atoms with E-state index in [1.807, 2.05) is 0 Å². The van der Waals surface area contributed by atoms with Crippen molar-refractivity contribution in [1.82, 2.24) is 9.55 Å². The summed E-state index contributed by atoms with van der Waals surface area (Å²) >= 11 is 6.12. The molecule has 1 heterocycles. The van der Waals surface area contributed by atoms with E-state index < -0.39 is 5.97 Å². The molecule has 4 rings (SSSR count). The number of benzene rings is 2. The van der Waals surface area contributed by atoms with Crippen molar-refractivity contribution in [2.75, 3.05) is 5.32 Å². The molecule has 0 bridgehead atoms. The molecule has 0 saturated heterocycles. The average Bonchev–Trinajstić information content (AvgIpc) is 3.56. The Hall–Kier alpha value is -3.45. The van der Waals surface area contributed by atoms with Gasteiger partial charge >= 0.3 is 5.97 Å². The zero-order valence-corrected chi connectivity index (χ0v) is 17.5. The van der Waals surface area contributed by atoms with E-state index in [-0.39, 0.29) is 29.5 Å². The van der Waals surface area contributed by atoms with Gasteiger partial charge in [-0.3, -0.25) is 14.2 Å². The Morgan fingerprint density at radius 1 is 1.19 bits per heavy atom. The molecule has 0 spiro atoms. The molecule has 0 radical (unpaired) electrons. The van der Waals surface area contributed by atoms with Crippen LogP contribution in [0.5, 0.6) is 0 Å². The molecule has 2 N–H and O–H groups in total. The second-order valence-corrected chi connectivity index (χ2v) is 8.01. The summed E-state index contributed by atoms with van der Waals surface area (Å²) in [7, 11) is 0. The summed E-state index contributed by atoms with van der Waals surface area (Å²) in [6, 6.07) is 12.9. The second kappa shape index (κ2) is 8.35. The highest BCUT2D eigenvalue weighted by Crippen LogP contribution is 2.33. The second-order valence-electron chi connectivity index (χ2n) is 7.57. The number of aromatic nitrogens is 2. The number of carboxylic acid groups (broad SMARTS) is 1. The molecule has 0 unspecified atom stereocenters. The van der Waals surface area contributed by atoms with Crippen LogP contribution in [-0.4, -0.2) is 26.5 Å². The maximum Gasteiger partial charge on any atom is 0.335 e. The highest BCUT2D eigenvalue weighted by Gasteiger charge is 2.30. The lowest BCUT2D eigenvalue weighted by Crippen LogP contribution is -2.24. The number of rotatable bonds is 6. The number of nitrogens with one attached hydrogen (secondary N) is 1. The van der Waals surface area contributed by atoms with Gasteiger partial charge in [0.1, 0.15) is 5.82 Å². The molecule has 8 heteroatoms. The van der Waals surface area contributed by atoms with Gasteiger partial charge in [-0.2, -0.15) is 0 Å². The zero-order chi connectivity index (χ0) is 22.1. The van der Waals surface area contributed by atoms with Gasteiger partial charge < -0.3 is 10.4 Å². The van der Waals surface area contributed by atoms with Crippen LogP contribution >= 0.6 is 11.6 Å². The molecule has 1 aliphatic carbocycles. The number of carbonyl (C=O) groups excluding carboxylic acids is 1. The lowest BCUT2D eigenvalue weighted by atomic mass is 10.1. The van der Waals surface area contributed by atoms with Crippen molar-refractivity contribution in [3.05, 3.63) is 80.9 Å². The molecule has 1 aliphatic rings. The molecule has 2 aromatic carbocycles. The van der Waals surface area contributed by atoms with Gasteiger partial charge in [-0.1, -0.05) is 23.7 Å². The topological polar surface area (TPSA) is 101 Å². The maximum atomic E-state index is 12.9. The first-order valence-electron chi connectivity index (χ1n) is 9.83. The fourth-order valence-electron chi connectivity index (χ4n) is 3.36. The van der Waals surface area contributed by atoms with Gasteiger partial charge in [-0.05, 0) is 55.7 Å². The lowest BCUT2D eigenvalue weighted by Gasteiger charge is -2.14. The summed E-state index contributed by atoms with van der Waals surface area (Å²) in [6.45, 7) is 1.91. The van der Waals surface area contributed by atoms with Crippen LogP contribution in [0.3, 0.4) is 0 Å². The van der Waals surface area contributed by atoms with Gasteiger partial charge in [0.05, 0.1) is 23.5 Å². The third-order valence-corrected chi connectivity index (χ3v) is 5.41. The van der Waals surface area contributed by atoms with Crippen molar-refractivity contribution in [2.45, 2.75) is 26.3 Å². The van der Waals surface area contributed by atoms with Crippen LogP contribution < -0.4 is 10.9 Å². The van der Waals surface area contributed by atoms with E-state index in [1.165, 1.54) is 22.8 Å². The first kappa shape index (κ1) is 20.8. The van der Waals surface area contributed by atoms with E-state index >= 15 is 0 Å². The van der Waals surface area contributed by atoms with Crippen molar-refractivity contribution in [3.8, 4) is 11.3 Å². The Kier molecular flexibility index (Phi) is 5.61. The number of hydrogen-bond donors (Lipinski definition) is 2. The van der Waals surface area contributed by atoms with Crippen molar-refractivity contribution in [1.29, 1.82) is 0 Å². The first-order valence-corrected chi connectivity index (χ1v) is 10.2. The van der Waals surface area contributed by atoms with Crippen LogP contribution in [0.15, 0.2) is 53.3 Å². The summed E-state index contributed by atoms with van der Waals surface area (Å²) in [5, 5.41) is 12.5. The predicted octanol–water partition coefficient (Wildman–Crippen LogP) is 3.97. The van der Waals surface area contributed by atoms with E-state index in [0.29, 0.717) is 33.4 Å². The van der Waals surface area contributed by atoms with Crippen molar-refractivity contribution >= 4 is 29.2 Å². The van der Waals surface area contributed by atoms with Gasteiger partial charge in [0.2, 0.25) is 5.91 Å². The SMILES string of the molecule is Cc1nc(-c2ccc(Cl)cc2NC(=O)C2CC2)cc(=O)n1Cc1cccc(C(=O)O)c1. The summed E-state index contributed by atoms with van der Waals surface area (Å²) in [5.74, 6) is -0.594. The Balaban J connectivity index is 1.68. The quantitative estimate of drug-likeness (QED) is 0.607. The Bertz CT molecular complexity index is 1250. The Morgan fingerprint density at radius 3 is 2.65 bits per heavy atom. The van der Waals surface area contributed by atoms with Crippen LogP contribution in [0.4, 0.5) is 5.69 Å². The highest BCUT2D eigenvalue weighted by atomic mass is 35.5. The van der Waals surface area contributed by atoms with Gasteiger partial charge in [0.25, 0.3) is 5.56 Å². The van der Waals surface area contributed by atoms with Crippen LogP contribution in [0, 0.1) is 12.8 Å². The molecule has 1 aromatic heterocycles. The van der Waals surface area contributed by atoms with E-state index in [2.05, 4.69) is 10.3 Å². The first-order chi connectivity index (χ1) is 14.8. The van der Waals surface area contributed by atoms with Crippen molar-refractivity contribution in [3.63, 3.8) is 0 Å². The molecule has 158 valence electrons. The third-order valence-electron chi connectivity index (χ3n) is 5.18. The lowest BCUT2D eigenvalue weighted by molar-refractivity contribution is -0.117. The van der Waals surface area contributed by atoms with Crippen LogP contribution in [0.25, 0.3) is 11.3 Å². The molecule has 1 saturated carbocycles. The van der Waals surface area contributed by atoms with Crippen LogP contribution in [-0.2, 0) is 11.3 Å². The largest absolute Gasteiger partial charge is 0.478 e. The highest BCUT2D eigenvalue weighted by molar-refractivity contribution is 6.31. The standard InChI is InChI=1S/C23H20ClN3O4/c1-13-25-20(18-8-7-17(24)10-19(18)26-22(29)15-5-6-15)11-21(28)27(13)12-14-3-2-4-16(9-14)23(30)31/h2-4,7-11,15H,5-6,12H2,1H3,(H,26,29)(H,30,31). The number of nitrogens with zero attached hydrogens (tertiary/aromatic N) is 2. The predicted molar refractivity (Wildman–Crippen MR) is 118 cm³/mol. The molecule has 7 nitrogen and oxygen atoms in total. The number of carboxylic acids is 1. The van der Waals surface area contributed by atoms with E-state index in [0.717, 1.165) is 12.8 Å². The molecule has 1 fully saturated rings. The summed E-state index contributed by atoms with van der Waals surface area (Å²) < 4.78 is 1.48. The molecule has 31 heavy (non-hydrogen) atoms. The fraction of sp³-hybridized carbons (Fsp3) is 0.217. The number of aromatic carboxylic acids is 1. The van der Waals surface area contributed by atoms with Gasteiger partial charge in [0, 0.05) is 22.6 Å². The van der Waals surface area contributed by atoms with Gasteiger partial charge in [-0.15, -0.1) is 0 Å². The van der Waals surface area contributed by atoms with E-state index in [4.69, 9.17) is 11.6 Å². The molecular formula is C23H20ClN3O4. The van der Waals surface area contributed by atoms with Crippen LogP contribution in [0.2, 0.25) is 5.02 Å². The molecule has 1 amide bonds. The Labute approximate surface area is 183 Å². The average molecular weight is 438 g/mol. The number of halogens is 1. The van der Waals surface area contributed by atoms with E-state index in [9.17, 15) is 19.5 Å². The minimum Gasteiger partial charge on any atom is -0.478 e. The number of carbonyl (C=O) groups is 2. The van der Waals surface area contributed by atoms with Crippen molar-refractivity contribution in [2.24, 2.45) is 5.92 Å². The number of amides is 1. The Morgan fingerprint density at radius 2 is 1.97 bits per heavy atom. The van der Waals surface area contributed by atoms with Gasteiger partial charge in [-0.25, -0.2) is 9.78 Å². The monoisotopic (exact) mass is 437 g/mol. The molecular weight excluding hydrogens is 418 g/mol. The summed E-state index contributed by atoms with van der Waals surface area (Å²) in [5.41, 5.74) is 2.12. The fourth-order valence-corrected chi connectivity index (χ4v) is 3.53. The van der Waals surface area contributed by atoms with E-state index in [1.54, 1.807) is 37.3 Å². The number of anilines is 1. The molecule has 0 atom stereocenters. The number of aryl methyl sites for hydroxylation is 1. The normalized spacial score (nSPS) is 13.1. The molecule has 0 aliphatic heterocycles. The van der Waals surface area contributed by atoms with Gasteiger partial charge in [0.15, 0.2) is 0 Å². The van der Waals surface area contributed by atoms with Crippen LogP contribution in [0.1, 0.15) is 34.6 Å². The zero-order valence-electron chi connectivity index (χ0n) is 16.8. The summed E-state index contributed by atoms with van der Waals surface area (Å²) in [4.78, 5) is 40.9. The maximum absolute atomic E-state index is 12.9.